The Bertz CT molecular complexity index is 692. The quantitative estimate of drug-likeness (QED) is 0.618. The third kappa shape index (κ3) is 4.06. The van der Waals surface area contributed by atoms with Crippen LogP contribution in [0.15, 0.2) is 29.2 Å². The second-order valence-corrected chi connectivity index (χ2v) is 7.07. The molecule has 4 N–H and O–H groups in total. The number of nitrogens with one attached hydrogen (secondary N) is 1. The van der Waals surface area contributed by atoms with E-state index in [2.05, 4.69) is 4.72 Å². The number of primary amides is 1. The molecular formula is C14H18N2O6S. The molecule has 126 valence electrons. The maximum Gasteiger partial charge on any atom is 0.303 e. The molecule has 0 bridgehead atoms. The Labute approximate surface area is 133 Å². The highest BCUT2D eigenvalue weighted by molar-refractivity contribution is 7.89. The lowest BCUT2D eigenvalue weighted by Crippen LogP contribution is -2.57. The van der Waals surface area contributed by atoms with Gasteiger partial charge in [-0.25, -0.2) is 8.42 Å². The average molecular weight is 342 g/mol. The molecular weight excluding hydrogens is 324 g/mol. The Kier molecular flexibility index (Phi) is 5.03. The predicted molar refractivity (Wildman–Crippen MR) is 80.1 cm³/mol. The number of carboxylic acids is 1. The minimum Gasteiger partial charge on any atom is -0.481 e. The topological polar surface area (TPSA) is 136 Å². The lowest BCUT2D eigenvalue weighted by atomic mass is 10.0. The van der Waals surface area contributed by atoms with Crippen molar-refractivity contribution in [2.45, 2.75) is 29.7 Å². The van der Waals surface area contributed by atoms with Crippen LogP contribution in [0, 0.1) is 0 Å². The molecule has 1 heterocycles. The molecule has 9 heteroatoms. The van der Waals surface area contributed by atoms with E-state index in [4.69, 9.17) is 15.6 Å². The van der Waals surface area contributed by atoms with Gasteiger partial charge in [0.25, 0.3) is 0 Å². The van der Waals surface area contributed by atoms with Gasteiger partial charge < -0.3 is 15.6 Å². The minimum atomic E-state index is -3.94. The van der Waals surface area contributed by atoms with E-state index < -0.39 is 27.4 Å². The van der Waals surface area contributed by atoms with Gasteiger partial charge in [-0.15, -0.1) is 0 Å². The highest BCUT2D eigenvalue weighted by Crippen LogP contribution is 2.22. The van der Waals surface area contributed by atoms with Crippen molar-refractivity contribution in [2.75, 3.05) is 13.2 Å². The molecule has 1 aromatic rings. The standard InChI is InChI=1S/C14H18N2O6S/c15-13(19)14(7-8-22-9-14)16-23(20,21)11-4-1-10(2-5-11)3-6-12(17)18/h1-2,4-5,16H,3,6-9H2,(H2,15,19)(H,17,18). The van der Waals surface area contributed by atoms with Gasteiger partial charge in [0, 0.05) is 19.4 Å². The van der Waals surface area contributed by atoms with E-state index in [9.17, 15) is 18.0 Å². The molecule has 1 unspecified atom stereocenters. The number of hydrogen-bond donors (Lipinski definition) is 3. The van der Waals surface area contributed by atoms with Crippen LogP contribution in [0.5, 0.6) is 0 Å². The Balaban J connectivity index is 2.16. The monoisotopic (exact) mass is 342 g/mol. The smallest absolute Gasteiger partial charge is 0.303 e. The molecule has 1 aliphatic rings. The first kappa shape index (κ1) is 17.4. The predicted octanol–water partition coefficient (Wildman–Crippen LogP) is -0.373. The van der Waals surface area contributed by atoms with E-state index in [1.807, 2.05) is 0 Å². The van der Waals surface area contributed by atoms with Crippen molar-refractivity contribution >= 4 is 21.9 Å². The molecule has 1 amide bonds. The fourth-order valence-electron chi connectivity index (χ4n) is 2.29. The lowest BCUT2D eigenvalue weighted by Gasteiger charge is -2.24. The molecule has 0 spiro atoms. The van der Waals surface area contributed by atoms with Crippen LogP contribution in [0.4, 0.5) is 0 Å². The molecule has 0 saturated carbocycles. The van der Waals surface area contributed by atoms with Crippen molar-refractivity contribution in [3.05, 3.63) is 29.8 Å². The van der Waals surface area contributed by atoms with Gasteiger partial charge in [-0.2, -0.15) is 4.72 Å². The van der Waals surface area contributed by atoms with E-state index in [-0.39, 0.29) is 31.0 Å². The summed E-state index contributed by atoms with van der Waals surface area (Å²) in [5.41, 5.74) is 4.59. The zero-order valence-corrected chi connectivity index (χ0v) is 13.1. The number of amides is 1. The minimum absolute atomic E-state index is 0.0240. The highest BCUT2D eigenvalue weighted by Gasteiger charge is 2.44. The Hall–Kier alpha value is -1.97. The molecule has 1 aliphatic heterocycles. The fourth-order valence-corrected chi connectivity index (χ4v) is 3.68. The molecule has 1 aromatic carbocycles. The summed E-state index contributed by atoms with van der Waals surface area (Å²) in [5, 5.41) is 8.64. The van der Waals surface area contributed by atoms with Gasteiger partial charge in [0.05, 0.1) is 11.5 Å². The number of carboxylic acid groups (broad SMARTS) is 1. The van der Waals surface area contributed by atoms with Crippen molar-refractivity contribution in [3.8, 4) is 0 Å². The SMILES string of the molecule is NC(=O)C1(NS(=O)(=O)c2ccc(CCC(=O)O)cc2)CCOC1. The second kappa shape index (κ2) is 6.65. The number of sulfonamides is 1. The molecule has 1 saturated heterocycles. The van der Waals surface area contributed by atoms with E-state index in [1.165, 1.54) is 12.1 Å². The number of carbonyl (C=O) groups is 2. The number of ether oxygens (including phenoxy) is 1. The van der Waals surface area contributed by atoms with Gasteiger partial charge in [-0.05, 0) is 24.1 Å². The molecule has 1 atom stereocenters. The van der Waals surface area contributed by atoms with Crippen LogP contribution in [-0.2, 0) is 30.8 Å². The normalized spacial score (nSPS) is 21.2. The van der Waals surface area contributed by atoms with E-state index in [1.54, 1.807) is 12.1 Å². The molecule has 1 fully saturated rings. The molecule has 2 rings (SSSR count). The maximum atomic E-state index is 12.4. The van der Waals surface area contributed by atoms with Crippen LogP contribution in [0.3, 0.4) is 0 Å². The first-order valence-electron chi connectivity index (χ1n) is 6.98. The maximum absolute atomic E-state index is 12.4. The first-order chi connectivity index (χ1) is 10.8. The number of aryl methyl sites for hydroxylation is 1. The summed E-state index contributed by atoms with van der Waals surface area (Å²) in [6, 6.07) is 5.81. The molecule has 0 radical (unpaired) electrons. The van der Waals surface area contributed by atoms with Gasteiger partial charge in [-0.1, -0.05) is 12.1 Å². The van der Waals surface area contributed by atoms with E-state index in [0.717, 1.165) is 0 Å². The summed E-state index contributed by atoms with van der Waals surface area (Å²) in [5.74, 6) is -1.70. The zero-order valence-electron chi connectivity index (χ0n) is 12.3. The fraction of sp³-hybridized carbons (Fsp3) is 0.429. The van der Waals surface area contributed by atoms with Gasteiger partial charge in [-0.3, -0.25) is 9.59 Å². The number of nitrogens with two attached hydrogens (primary N) is 1. The summed E-state index contributed by atoms with van der Waals surface area (Å²) in [6.07, 6.45) is 0.451. The Morgan fingerprint density at radius 3 is 2.43 bits per heavy atom. The average Bonchev–Trinajstić information content (AvgIpc) is 2.95. The van der Waals surface area contributed by atoms with Gasteiger partial charge in [0.2, 0.25) is 15.9 Å². The van der Waals surface area contributed by atoms with Gasteiger partial charge >= 0.3 is 5.97 Å². The van der Waals surface area contributed by atoms with Crippen LogP contribution in [0.25, 0.3) is 0 Å². The summed E-state index contributed by atoms with van der Waals surface area (Å²) in [7, 11) is -3.94. The summed E-state index contributed by atoms with van der Waals surface area (Å²) < 4.78 is 32.2. The van der Waals surface area contributed by atoms with Gasteiger partial charge in [0.15, 0.2) is 0 Å². The molecule has 23 heavy (non-hydrogen) atoms. The Morgan fingerprint density at radius 1 is 1.30 bits per heavy atom. The summed E-state index contributed by atoms with van der Waals surface area (Å²) in [6.45, 7) is 0.151. The second-order valence-electron chi connectivity index (χ2n) is 5.39. The third-order valence-electron chi connectivity index (χ3n) is 3.68. The first-order valence-corrected chi connectivity index (χ1v) is 8.46. The van der Waals surface area contributed by atoms with Crippen molar-refractivity contribution in [1.29, 1.82) is 0 Å². The largest absolute Gasteiger partial charge is 0.481 e. The number of rotatable bonds is 7. The molecule has 8 nitrogen and oxygen atoms in total. The summed E-state index contributed by atoms with van der Waals surface area (Å²) in [4.78, 5) is 22.1. The number of hydrogen-bond acceptors (Lipinski definition) is 5. The lowest BCUT2D eigenvalue weighted by molar-refractivity contribution is -0.137. The van der Waals surface area contributed by atoms with Crippen LogP contribution < -0.4 is 10.5 Å². The van der Waals surface area contributed by atoms with Crippen LogP contribution in [-0.4, -0.2) is 44.2 Å². The number of carbonyl (C=O) groups excluding carboxylic acids is 1. The van der Waals surface area contributed by atoms with Crippen molar-refractivity contribution in [1.82, 2.24) is 4.72 Å². The summed E-state index contributed by atoms with van der Waals surface area (Å²) >= 11 is 0. The number of benzene rings is 1. The van der Waals surface area contributed by atoms with Crippen molar-refractivity contribution in [3.63, 3.8) is 0 Å². The third-order valence-corrected chi connectivity index (χ3v) is 5.24. The van der Waals surface area contributed by atoms with E-state index >= 15 is 0 Å². The van der Waals surface area contributed by atoms with Gasteiger partial charge in [0.1, 0.15) is 5.54 Å². The highest BCUT2D eigenvalue weighted by atomic mass is 32.2. The van der Waals surface area contributed by atoms with Crippen LogP contribution >= 0.6 is 0 Å². The van der Waals surface area contributed by atoms with Crippen molar-refractivity contribution in [2.24, 2.45) is 5.73 Å². The Morgan fingerprint density at radius 2 is 1.96 bits per heavy atom. The van der Waals surface area contributed by atoms with Crippen molar-refractivity contribution < 1.29 is 27.9 Å². The molecule has 0 aromatic heterocycles. The van der Waals surface area contributed by atoms with E-state index in [0.29, 0.717) is 12.0 Å². The molecule has 0 aliphatic carbocycles. The zero-order chi connectivity index (χ0) is 17.1. The number of aliphatic carboxylic acids is 1. The van der Waals surface area contributed by atoms with Crippen LogP contribution in [0.1, 0.15) is 18.4 Å². The van der Waals surface area contributed by atoms with Crippen LogP contribution in [0.2, 0.25) is 0 Å².